The van der Waals surface area contributed by atoms with Crippen LogP contribution in [-0.4, -0.2) is 21.9 Å². The average molecular weight is 367 g/mol. The summed E-state index contributed by atoms with van der Waals surface area (Å²) in [5, 5.41) is 0. The van der Waals surface area contributed by atoms with Gasteiger partial charge in [-0.2, -0.15) is 37.9 Å². The fraction of sp³-hybridized carbons (Fsp3) is 0.941. The summed E-state index contributed by atoms with van der Waals surface area (Å²) in [6.07, 6.45) is 13.3. The molecule has 0 fully saturated rings. The molecule has 0 amide bonds. The van der Waals surface area contributed by atoms with Crippen LogP contribution in [0, 0.1) is 0 Å². The maximum absolute atomic E-state index is 12.0. The number of unbranched alkanes of at least 4 members (excludes halogenated alkanes) is 9. The molecule has 22 heavy (non-hydrogen) atoms. The number of esters is 1. The predicted octanol–water partition coefficient (Wildman–Crippen LogP) is 5.71. The Hall–Kier alpha value is 0.520. The minimum absolute atomic E-state index is 0.348. The van der Waals surface area contributed by atoms with E-state index in [-0.39, 0.29) is 5.97 Å². The van der Waals surface area contributed by atoms with Crippen molar-refractivity contribution >= 4 is 43.9 Å². The molecule has 0 N–H and O–H groups in total. The number of carbonyl (C=O) groups is 1. The van der Waals surface area contributed by atoms with Gasteiger partial charge < -0.3 is 4.74 Å². The minimum atomic E-state index is -0.950. The molecule has 0 rings (SSSR count). The number of rotatable bonds is 13. The SMILES string of the molecule is CCCCCCCCCCCCC(S)(C(=O)OC)C(C)(S)S. The van der Waals surface area contributed by atoms with Crippen molar-refractivity contribution in [2.75, 3.05) is 7.11 Å². The van der Waals surface area contributed by atoms with Gasteiger partial charge in [-0.05, 0) is 13.3 Å². The van der Waals surface area contributed by atoms with Crippen LogP contribution in [0.5, 0.6) is 0 Å². The number of thiol groups is 3. The van der Waals surface area contributed by atoms with Crippen molar-refractivity contribution in [3.63, 3.8) is 0 Å². The smallest absolute Gasteiger partial charge is 0.323 e. The first-order valence-corrected chi connectivity index (χ1v) is 9.89. The summed E-state index contributed by atoms with van der Waals surface area (Å²) in [5.74, 6) is -0.348. The van der Waals surface area contributed by atoms with Crippen molar-refractivity contribution < 1.29 is 9.53 Å². The van der Waals surface area contributed by atoms with Gasteiger partial charge in [-0.15, -0.1) is 0 Å². The minimum Gasteiger partial charge on any atom is -0.468 e. The van der Waals surface area contributed by atoms with Crippen molar-refractivity contribution in [2.24, 2.45) is 0 Å². The van der Waals surface area contributed by atoms with E-state index in [1.807, 2.05) is 0 Å². The predicted molar refractivity (Wildman–Crippen MR) is 107 cm³/mol. The first-order valence-electron chi connectivity index (χ1n) is 8.55. The largest absolute Gasteiger partial charge is 0.468 e. The van der Waals surface area contributed by atoms with Crippen molar-refractivity contribution in [1.29, 1.82) is 0 Å². The number of hydrogen-bond donors (Lipinski definition) is 3. The van der Waals surface area contributed by atoms with Crippen LogP contribution in [0.3, 0.4) is 0 Å². The quantitative estimate of drug-likeness (QED) is 0.168. The molecular weight excluding hydrogens is 332 g/mol. The Morgan fingerprint density at radius 3 is 1.64 bits per heavy atom. The van der Waals surface area contributed by atoms with Crippen LogP contribution in [0.4, 0.5) is 0 Å². The molecule has 0 saturated heterocycles. The number of methoxy groups -OCH3 is 1. The second kappa shape index (κ2) is 12.0. The molecule has 0 radical (unpaired) electrons. The van der Waals surface area contributed by atoms with Gasteiger partial charge in [0.05, 0.1) is 11.2 Å². The molecule has 0 aromatic carbocycles. The van der Waals surface area contributed by atoms with E-state index in [2.05, 4.69) is 44.8 Å². The van der Waals surface area contributed by atoms with Crippen LogP contribution in [0.2, 0.25) is 0 Å². The monoisotopic (exact) mass is 366 g/mol. The van der Waals surface area contributed by atoms with Crippen LogP contribution < -0.4 is 0 Å². The van der Waals surface area contributed by atoms with Crippen LogP contribution in [0.25, 0.3) is 0 Å². The molecule has 132 valence electrons. The van der Waals surface area contributed by atoms with E-state index < -0.39 is 8.83 Å². The highest BCUT2D eigenvalue weighted by molar-refractivity contribution is 8.02. The van der Waals surface area contributed by atoms with E-state index in [0.29, 0.717) is 6.42 Å². The summed E-state index contributed by atoms with van der Waals surface area (Å²) in [7, 11) is 1.39. The molecule has 0 aliphatic heterocycles. The second-order valence-electron chi connectivity index (χ2n) is 6.30. The molecule has 0 aliphatic carbocycles. The summed E-state index contributed by atoms with van der Waals surface area (Å²) in [5.41, 5.74) is 0. The summed E-state index contributed by atoms with van der Waals surface area (Å²) in [6.45, 7) is 4.04. The van der Waals surface area contributed by atoms with Crippen molar-refractivity contribution in [2.45, 2.75) is 93.3 Å². The lowest BCUT2D eigenvalue weighted by Gasteiger charge is -2.36. The normalized spacial score (nSPS) is 14.6. The van der Waals surface area contributed by atoms with Gasteiger partial charge in [0.2, 0.25) is 0 Å². The summed E-state index contributed by atoms with van der Waals surface area (Å²) in [4.78, 5) is 12.0. The summed E-state index contributed by atoms with van der Waals surface area (Å²) < 4.78 is 3.12. The van der Waals surface area contributed by atoms with Crippen LogP contribution in [0.15, 0.2) is 0 Å². The van der Waals surface area contributed by atoms with Crippen molar-refractivity contribution in [3.8, 4) is 0 Å². The third-order valence-electron chi connectivity index (χ3n) is 4.20. The molecule has 0 aliphatic rings. The fourth-order valence-corrected chi connectivity index (χ4v) is 3.22. The number of hydrogen-bond acceptors (Lipinski definition) is 5. The number of carbonyl (C=O) groups excluding carboxylic acids is 1. The molecule has 5 heteroatoms. The molecule has 0 heterocycles. The lowest BCUT2D eigenvalue weighted by atomic mass is 9.95. The maximum atomic E-state index is 12.0. The average Bonchev–Trinajstić information content (AvgIpc) is 2.46. The Balaban J connectivity index is 3.85. The Morgan fingerprint density at radius 2 is 1.27 bits per heavy atom. The van der Waals surface area contributed by atoms with E-state index in [1.54, 1.807) is 6.92 Å². The standard InChI is InChI=1S/C17H34O2S3/c1-4-5-6-7-8-9-10-11-12-13-14-17(22,15(18)19-3)16(2,20)21/h20-22H,4-14H2,1-3H3. The van der Waals surface area contributed by atoms with Crippen molar-refractivity contribution in [3.05, 3.63) is 0 Å². The molecule has 0 spiro atoms. The van der Waals surface area contributed by atoms with Gasteiger partial charge in [0.15, 0.2) is 0 Å². The highest BCUT2D eigenvalue weighted by Gasteiger charge is 2.47. The van der Waals surface area contributed by atoms with Crippen LogP contribution in [0.1, 0.15) is 84.5 Å². The Kier molecular flexibility index (Phi) is 12.2. The van der Waals surface area contributed by atoms with E-state index in [4.69, 9.17) is 4.74 Å². The van der Waals surface area contributed by atoms with Gasteiger partial charge in [0.25, 0.3) is 0 Å². The van der Waals surface area contributed by atoms with Gasteiger partial charge in [0, 0.05) is 0 Å². The highest BCUT2D eigenvalue weighted by atomic mass is 32.2. The summed E-state index contributed by atoms with van der Waals surface area (Å²) >= 11 is 13.4. The third kappa shape index (κ3) is 8.39. The van der Waals surface area contributed by atoms with E-state index in [9.17, 15) is 4.79 Å². The van der Waals surface area contributed by atoms with Crippen molar-refractivity contribution in [1.82, 2.24) is 0 Å². The third-order valence-corrected chi connectivity index (χ3v) is 6.17. The molecule has 0 aromatic rings. The first-order chi connectivity index (χ1) is 10.3. The molecule has 1 unspecified atom stereocenters. The van der Waals surface area contributed by atoms with Gasteiger partial charge >= 0.3 is 5.97 Å². The Morgan fingerprint density at radius 1 is 0.864 bits per heavy atom. The van der Waals surface area contributed by atoms with E-state index >= 15 is 0 Å². The second-order valence-corrected chi connectivity index (χ2v) is 9.21. The lowest BCUT2D eigenvalue weighted by Crippen LogP contribution is -2.47. The topological polar surface area (TPSA) is 26.3 Å². The lowest BCUT2D eigenvalue weighted by molar-refractivity contribution is -0.143. The Bertz CT molecular complexity index is 303. The molecule has 2 nitrogen and oxygen atoms in total. The fourth-order valence-electron chi connectivity index (χ4n) is 2.57. The van der Waals surface area contributed by atoms with E-state index in [0.717, 1.165) is 12.8 Å². The number of ether oxygens (including phenoxy) is 1. The van der Waals surface area contributed by atoms with Gasteiger partial charge in [0.1, 0.15) is 4.75 Å². The van der Waals surface area contributed by atoms with Gasteiger partial charge in [-0.25, -0.2) is 0 Å². The van der Waals surface area contributed by atoms with Crippen LogP contribution >= 0.6 is 37.9 Å². The van der Waals surface area contributed by atoms with Gasteiger partial charge in [-0.1, -0.05) is 71.1 Å². The van der Waals surface area contributed by atoms with E-state index in [1.165, 1.54) is 58.5 Å². The molecular formula is C17H34O2S3. The summed E-state index contributed by atoms with van der Waals surface area (Å²) in [6, 6.07) is 0. The molecule has 0 saturated carbocycles. The zero-order chi connectivity index (χ0) is 17.1. The molecule has 0 aromatic heterocycles. The zero-order valence-electron chi connectivity index (χ0n) is 14.4. The zero-order valence-corrected chi connectivity index (χ0v) is 17.1. The maximum Gasteiger partial charge on any atom is 0.323 e. The van der Waals surface area contributed by atoms with Gasteiger partial charge in [-0.3, -0.25) is 4.79 Å². The van der Waals surface area contributed by atoms with Crippen LogP contribution in [-0.2, 0) is 9.53 Å². The molecule has 0 bridgehead atoms. The Labute approximate surface area is 153 Å². The highest BCUT2D eigenvalue weighted by Crippen LogP contribution is 2.42. The first kappa shape index (κ1) is 22.5. The molecule has 1 atom stereocenters.